The summed E-state index contributed by atoms with van der Waals surface area (Å²) in [5, 5.41) is 15.5. The van der Waals surface area contributed by atoms with Gasteiger partial charge in [0.2, 0.25) is 5.91 Å². The maximum Gasteiger partial charge on any atom is 0.482 e. The molecule has 2 aliphatic heterocycles. The van der Waals surface area contributed by atoms with Crippen LogP contribution < -0.4 is 10.1 Å². The molecule has 5 fully saturated rings. The van der Waals surface area contributed by atoms with Crippen LogP contribution >= 0.6 is 0 Å². The number of hydrogen-bond donors (Lipinski definition) is 1. The molecule has 290 valence electrons. The number of likely N-dealkylation sites (tertiary alicyclic amines) is 1. The minimum atomic E-state index is -0.731. The zero-order valence-corrected chi connectivity index (χ0v) is 33.1. The Bertz CT molecular complexity index is 1680. The molecule has 1 aromatic heterocycles. The molecule has 7 rings (SSSR count). The van der Waals surface area contributed by atoms with Crippen LogP contribution in [0.3, 0.4) is 0 Å². The van der Waals surface area contributed by atoms with Gasteiger partial charge in [0.1, 0.15) is 22.5 Å². The number of aromatic nitrogens is 4. The minimum Gasteiger partial charge on any atom is -0.496 e. The van der Waals surface area contributed by atoms with Crippen molar-refractivity contribution in [1.82, 2.24) is 30.4 Å². The standard InChI is InChI=1S/C38H57BN6O8/c1-35(2,3)50-33(47)26-13-11-12-24(32(26)49-10)18-29(39-52-28-20-25-19-27(37(25,7)8)38(28,9)53-39)40-31(46)21-30-41-42-43-45(30)22-23-14-16-44(17-15-23)34(48)51-36(4,5)6/h11-13,23,25,27-29H,14-22H2,1-10H3,(H,40,46)/t25-,27-,28+,29?,38-/m0/s1. The Kier molecular flexibility index (Phi) is 10.7. The van der Waals surface area contributed by atoms with Crippen LogP contribution in [-0.4, -0.2) is 99.2 Å². The second kappa shape index (κ2) is 14.5. The number of esters is 1. The molecule has 0 spiro atoms. The summed E-state index contributed by atoms with van der Waals surface area (Å²) in [6, 6.07) is 5.35. The quantitative estimate of drug-likeness (QED) is 0.264. The van der Waals surface area contributed by atoms with Crippen molar-refractivity contribution >= 4 is 25.1 Å². The van der Waals surface area contributed by atoms with Crippen LogP contribution in [0, 0.1) is 23.2 Å². The first kappa shape index (κ1) is 39.0. The average Bonchev–Trinajstić information content (AvgIpc) is 3.65. The van der Waals surface area contributed by atoms with E-state index < -0.39 is 35.8 Å². The van der Waals surface area contributed by atoms with Crippen LogP contribution in [0.2, 0.25) is 0 Å². The van der Waals surface area contributed by atoms with E-state index in [1.165, 1.54) is 7.11 Å². The topological polar surface area (TPSA) is 156 Å². The molecule has 1 unspecified atom stereocenters. The third-order valence-corrected chi connectivity index (χ3v) is 11.6. The van der Waals surface area contributed by atoms with Crippen molar-refractivity contribution in [1.29, 1.82) is 0 Å². The maximum atomic E-state index is 13.9. The summed E-state index contributed by atoms with van der Waals surface area (Å²) < 4.78 is 32.2. The highest BCUT2D eigenvalue weighted by Crippen LogP contribution is 2.65. The molecule has 5 aliphatic rings. The van der Waals surface area contributed by atoms with Crippen molar-refractivity contribution in [3.05, 3.63) is 35.2 Å². The molecule has 2 saturated heterocycles. The summed E-state index contributed by atoms with van der Waals surface area (Å²) >= 11 is 0. The molecule has 14 nitrogen and oxygen atoms in total. The Morgan fingerprint density at radius 2 is 1.74 bits per heavy atom. The van der Waals surface area contributed by atoms with E-state index in [0.717, 1.165) is 25.7 Å². The fourth-order valence-electron chi connectivity index (χ4n) is 8.77. The van der Waals surface area contributed by atoms with E-state index in [-0.39, 0.29) is 42.3 Å². The van der Waals surface area contributed by atoms with Crippen molar-refractivity contribution in [3.8, 4) is 5.75 Å². The smallest absolute Gasteiger partial charge is 0.482 e. The van der Waals surface area contributed by atoms with E-state index in [0.29, 0.717) is 54.2 Å². The number of hydrogen-bond acceptors (Lipinski definition) is 11. The Morgan fingerprint density at radius 1 is 1.04 bits per heavy atom. The predicted molar refractivity (Wildman–Crippen MR) is 196 cm³/mol. The Balaban J connectivity index is 1.17. The summed E-state index contributed by atoms with van der Waals surface area (Å²) in [6.45, 7) is 19.5. The molecule has 3 saturated carbocycles. The van der Waals surface area contributed by atoms with Crippen LogP contribution in [-0.2, 0) is 43.0 Å². The average molecular weight is 737 g/mol. The number of ether oxygens (including phenoxy) is 3. The van der Waals surface area contributed by atoms with Gasteiger partial charge in [0, 0.05) is 19.6 Å². The Hall–Kier alpha value is -3.72. The van der Waals surface area contributed by atoms with Crippen LogP contribution in [0.15, 0.2) is 18.2 Å². The van der Waals surface area contributed by atoms with Crippen LogP contribution in [0.1, 0.15) is 110 Å². The SMILES string of the molecule is COc1c(CC(NC(=O)Cc2nnnn2CC2CCN(C(=O)OC(C)(C)C)CC2)B2O[C@@H]3C[C@@H]4C[C@@H](C4(C)C)[C@]3(C)O2)cccc1C(=O)OC(C)(C)C. The normalized spacial score (nSPS) is 26.0. The van der Waals surface area contributed by atoms with Crippen molar-refractivity contribution in [2.24, 2.45) is 23.2 Å². The van der Waals surface area contributed by atoms with Gasteiger partial charge in [0.05, 0.1) is 31.2 Å². The van der Waals surface area contributed by atoms with E-state index in [4.69, 9.17) is 23.5 Å². The number of carbonyl (C=O) groups is 3. The highest BCUT2D eigenvalue weighted by Gasteiger charge is 2.68. The second-order valence-corrected chi connectivity index (χ2v) is 18.1. The zero-order chi connectivity index (χ0) is 38.5. The molecule has 3 aliphatic carbocycles. The molecule has 2 amide bonds. The minimum absolute atomic E-state index is 0.0551. The third-order valence-electron chi connectivity index (χ3n) is 11.6. The number of benzene rings is 1. The maximum absolute atomic E-state index is 13.9. The lowest BCUT2D eigenvalue weighted by molar-refractivity contribution is -0.199. The van der Waals surface area contributed by atoms with Gasteiger partial charge in [-0.15, -0.1) is 5.10 Å². The van der Waals surface area contributed by atoms with Gasteiger partial charge in [-0.1, -0.05) is 26.0 Å². The lowest BCUT2D eigenvalue weighted by Gasteiger charge is -2.64. The third kappa shape index (κ3) is 8.35. The van der Waals surface area contributed by atoms with Gasteiger partial charge in [0.25, 0.3) is 0 Å². The van der Waals surface area contributed by atoms with Gasteiger partial charge < -0.3 is 33.7 Å². The van der Waals surface area contributed by atoms with Gasteiger partial charge in [-0.25, -0.2) is 14.3 Å². The lowest BCUT2D eigenvalue weighted by atomic mass is 9.43. The van der Waals surface area contributed by atoms with Crippen LogP contribution in [0.4, 0.5) is 4.79 Å². The number of piperidine rings is 1. The van der Waals surface area contributed by atoms with Crippen molar-refractivity contribution in [3.63, 3.8) is 0 Å². The van der Waals surface area contributed by atoms with Crippen molar-refractivity contribution in [2.45, 2.75) is 136 Å². The fraction of sp³-hybridized carbons (Fsp3) is 0.737. The van der Waals surface area contributed by atoms with Gasteiger partial charge in [-0.05, 0) is 126 Å². The molecule has 2 bridgehead atoms. The first-order chi connectivity index (χ1) is 24.8. The fourth-order valence-corrected chi connectivity index (χ4v) is 8.77. The van der Waals surface area contributed by atoms with E-state index in [1.807, 2.05) is 47.6 Å². The highest BCUT2D eigenvalue weighted by molar-refractivity contribution is 6.48. The first-order valence-corrected chi connectivity index (χ1v) is 19.0. The second-order valence-electron chi connectivity index (χ2n) is 18.1. The van der Waals surface area contributed by atoms with E-state index >= 15 is 0 Å². The highest BCUT2D eigenvalue weighted by atomic mass is 16.7. The lowest BCUT2D eigenvalue weighted by Crippen LogP contribution is -2.65. The Morgan fingerprint density at radius 3 is 2.38 bits per heavy atom. The number of rotatable bonds is 10. The number of nitrogens with zero attached hydrogens (tertiary/aromatic N) is 5. The summed E-state index contributed by atoms with van der Waals surface area (Å²) in [4.78, 5) is 41.4. The number of nitrogens with one attached hydrogen (secondary N) is 1. The molecular weight excluding hydrogens is 679 g/mol. The van der Waals surface area contributed by atoms with Gasteiger partial charge >= 0.3 is 19.2 Å². The Labute approximate surface area is 313 Å². The van der Waals surface area contributed by atoms with Gasteiger partial charge in [-0.2, -0.15) is 0 Å². The molecule has 1 aromatic carbocycles. The number of tetrazole rings is 1. The van der Waals surface area contributed by atoms with Crippen molar-refractivity contribution < 1.29 is 37.9 Å². The van der Waals surface area contributed by atoms with E-state index in [1.54, 1.807) is 21.7 Å². The molecule has 2 aromatic rings. The monoisotopic (exact) mass is 736 g/mol. The molecular formula is C38H57BN6O8. The summed E-state index contributed by atoms with van der Waals surface area (Å²) in [6.07, 6.45) is 3.37. The van der Waals surface area contributed by atoms with E-state index in [9.17, 15) is 14.4 Å². The predicted octanol–water partition coefficient (Wildman–Crippen LogP) is 4.82. The van der Waals surface area contributed by atoms with Crippen LogP contribution in [0.25, 0.3) is 0 Å². The van der Waals surface area contributed by atoms with Crippen molar-refractivity contribution in [2.75, 3.05) is 20.2 Å². The largest absolute Gasteiger partial charge is 0.496 e. The molecule has 15 heteroatoms. The number of amides is 2. The molecule has 0 radical (unpaired) electrons. The van der Waals surface area contributed by atoms with Gasteiger partial charge in [-0.3, -0.25) is 4.79 Å². The number of methoxy groups -OCH3 is 1. The summed E-state index contributed by atoms with van der Waals surface area (Å²) in [7, 11) is 0.791. The summed E-state index contributed by atoms with van der Waals surface area (Å²) in [5.74, 6) is 0.564. The van der Waals surface area contributed by atoms with Gasteiger partial charge in [0.15, 0.2) is 5.82 Å². The zero-order valence-electron chi connectivity index (χ0n) is 33.1. The molecule has 53 heavy (non-hydrogen) atoms. The summed E-state index contributed by atoms with van der Waals surface area (Å²) in [5.41, 5.74) is -0.562. The molecule has 3 heterocycles. The molecule has 5 atom stereocenters. The van der Waals surface area contributed by atoms with Crippen LogP contribution in [0.5, 0.6) is 5.75 Å². The number of carbonyl (C=O) groups excluding carboxylic acids is 3. The first-order valence-electron chi connectivity index (χ1n) is 19.0. The number of para-hydroxylation sites is 1. The van der Waals surface area contributed by atoms with E-state index in [2.05, 4.69) is 41.6 Å². The molecule has 1 N–H and O–H groups in total.